The Bertz CT molecular complexity index is 531. The van der Waals surface area contributed by atoms with Crippen LogP contribution in [0.4, 0.5) is 0 Å². The predicted octanol–water partition coefficient (Wildman–Crippen LogP) is 1.06. The number of guanidine groups is 1. The minimum Gasteiger partial charge on any atom is -0.356 e. The number of nitrogens with zero attached hydrogens (tertiary/aromatic N) is 4. The molecule has 0 amide bonds. The van der Waals surface area contributed by atoms with Crippen LogP contribution in [0.15, 0.2) is 29.1 Å². The molecule has 0 aliphatic rings. The molecule has 0 unspecified atom stereocenters. The van der Waals surface area contributed by atoms with Crippen LogP contribution in [0.5, 0.6) is 0 Å². The molecule has 2 N–H and O–H groups in total. The minimum atomic E-state index is 0.811. The van der Waals surface area contributed by atoms with Crippen molar-refractivity contribution in [1.82, 2.24) is 25.2 Å². The fraction of sp³-hybridized carbons (Fsp3) is 0.462. The summed E-state index contributed by atoms with van der Waals surface area (Å²) in [5.74, 6) is 0.817. The van der Waals surface area contributed by atoms with Gasteiger partial charge in [0.15, 0.2) is 5.96 Å². The topological polar surface area (TPSA) is 67.1 Å². The maximum absolute atomic E-state index is 4.44. The number of hydrogen-bond donors (Lipinski definition) is 2. The van der Waals surface area contributed by atoms with Gasteiger partial charge in [-0.2, -0.15) is 0 Å². The van der Waals surface area contributed by atoms with Gasteiger partial charge in [-0.15, -0.1) is 11.3 Å². The van der Waals surface area contributed by atoms with Crippen LogP contribution in [-0.2, 0) is 13.0 Å². The minimum absolute atomic E-state index is 0.811. The van der Waals surface area contributed by atoms with Gasteiger partial charge in [0.05, 0.1) is 17.0 Å². The molecule has 0 spiro atoms. The molecule has 0 fully saturated rings. The van der Waals surface area contributed by atoms with Gasteiger partial charge >= 0.3 is 0 Å². The molecule has 2 heterocycles. The first kappa shape index (κ1) is 14.5. The Morgan fingerprint density at radius 1 is 1.40 bits per heavy atom. The number of nitrogens with one attached hydrogen (secondary N) is 2. The summed E-state index contributed by atoms with van der Waals surface area (Å²) in [6.45, 7) is 4.53. The van der Waals surface area contributed by atoms with Crippen molar-refractivity contribution in [3.63, 3.8) is 0 Å². The van der Waals surface area contributed by atoms with E-state index in [2.05, 4.69) is 31.0 Å². The number of aryl methyl sites for hydroxylation is 1. The van der Waals surface area contributed by atoms with E-state index in [9.17, 15) is 0 Å². The van der Waals surface area contributed by atoms with Crippen molar-refractivity contribution in [2.24, 2.45) is 4.99 Å². The van der Waals surface area contributed by atoms with Crippen molar-refractivity contribution < 1.29 is 0 Å². The van der Waals surface area contributed by atoms with Crippen LogP contribution < -0.4 is 10.6 Å². The SMILES string of the molecule is CN=C(NCCc1csc(C)n1)NCCn1ccnc1. The van der Waals surface area contributed by atoms with Gasteiger partial charge < -0.3 is 15.2 Å². The molecule has 0 saturated carbocycles. The van der Waals surface area contributed by atoms with Crippen LogP contribution in [-0.4, -0.2) is 40.6 Å². The van der Waals surface area contributed by atoms with E-state index in [-0.39, 0.29) is 0 Å². The molecule has 0 aliphatic heterocycles. The van der Waals surface area contributed by atoms with Crippen molar-refractivity contribution in [1.29, 1.82) is 0 Å². The number of thiazole rings is 1. The Balaban J connectivity index is 1.65. The predicted molar refractivity (Wildman–Crippen MR) is 82.1 cm³/mol. The first-order valence-electron chi connectivity index (χ1n) is 6.59. The lowest BCUT2D eigenvalue weighted by Crippen LogP contribution is -2.39. The lowest BCUT2D eigenvalue weighted by atomic mass is 10.3. The highest BCUT2D eigenvalue weighted by Gasteiger charge is 2.00. The number of rotatable bonds is 6. The van der Waals surface area contributed by atoms with Gasteiger partial charge in [0.2, 0.25) is 0 Å². The molecule has 2 aromatic rings. The number of aliphatic imine (C=N–C) groups is 1. The normalized spacial score (nSPS) is 11.6. The average Bonchev–Trinajstić information content (AvgIpc) is 3.09. The first-order chi connectivity index (χ1) is 9.78. The number of aromatic nitrogens is 3. The van der Waals surface area contributed by atoms with Crippen LogP contribution in [0.1, 0.15) is 10.7 Å². The monoisotopic (exact) mass is 292 g/mol. The molecule has 2 rings (SSSR count). The molecular weight excluding hydrogens is 272 g/mol. The van der Waals surface area contributed by atoms with Crippen LogP contribution in [0.2, 0.25) is 0 Å². The molecule has 0 atom stereocenters. The van der Waals surface area contributed by atoms with E-state index in [4.69, 9.17) is 0 Å². The zero-order chi connectivity index (χ0) is 14.2. The molecule has 0 saturated heterocycles. The summed E-state index contributed by atoms with van der Waals surface area (Å²) in [7, 11) is 1.78. The lowest BCUT2D eigenvalue weighted by molar-refractivity contribution is 0.661. The van der Waals surface area contributed by atoms with Gasteiger partial charge in [-0.1, -0.05) is 0 Å². The number of hydrogen-bond acceptors (Lipinski definition) is 4. The molecule has 20 heavy (non-hydrogen) atoms. The first-order valence-corrected chi connectivity index (χ1v) is 7.47. The molecule has 7 heteroatoms. The largest absolute Gasteiger partial charge is 0.356 e. The fourth-order valence-electron chi connectivity index (χ4n) is 1.78. The van der Waals surface area contributed by atoms with Gasteiger partial charge in [-0.25, -0.2) is 9.97 Å². The van der Waals surface area contributed by atoms with Crippen molar-refractivity contribution in [3.05, 3.63) is 34.8 Å². The lowest BCUT2D eigenvalue weighted by Gasteiger charge is -2.11. The summed E-state index contributed by atoms with van der Waals surface area (Å²) >= 11 is 1.69. The van der Waals surface area contributed by atoms with E-state index in [0.717, 1.165) is 42.7 Å². The van der Waals surface area contributed by atoms with E-state index < -0.39 is 0 Å². The van der Waals surface area contributed by atoms with Crippen LogP contribution in [0.3, 0.4) is 0 Å². The van der Waals surface area contributed by atoms with Gasteiger partial charge in [-0.05, 0) is 6.92 Å². The Morgan fingerprint density at radius 3 is 2.90 bits per heavy atom. The Kier molecular flexibility index (Phi) is 5.55. The second-order valence-electron chi connectivity index (χ2n) is 4.33. The molecule has 0 radical (unpaired) electrons. The molecule has 0 bridgehead atoms. The van der Waals surface area contributed by atoms with Gasteiger partial charge in [-0.3, -0.25) is 4.99 Å². The van der Waals surface area contributed by atoms with Crippen molar-refractivity contribution in [2.45, 2.75) is 19.9 Å². The molecular formula is C13H20N6S. The molecule has 2 aromatic heterocycles. The van der Waals surface area contributed by atoms with Gasteiger partial charge in [0.1, 0.15) is 0 Å². The van der Waals surface area contributed by atoms with Crippen LogP contribution >= 0.6 is 11.3 Å². The summed E-state index contributed by atoms with van der Waals surface area (Å²) in [6, 6.07) is 0. The smallest absolute Gasteiger partial charge is 0.191 e. The molecule has 0 aliphatic carbocycles. The van der Waals surface area contributed by atoms with Crippen molar-refractivity contribution in [3.8, 4) is 0 Å². The van der Waals surface area contributed by atoms with E-state index in [0.29, 0.717) is 0 Å². The second-order valence-corrected chi connectivity index (χ2v) is 5.40. The third kappa shape index (κ3) is 4.65. The van der Waals surface area contributed by atoms with Gasteiger partial charge in [0.25, 0.3) is 0 Å². The Labute approximate surface area is 123 Å². The highest BCUT2D eigenvalue weighted by Crippen LogP contribution is 2.07. The highest BCUT2D eigenvalue weighted by molar-refractivity contribution is 7.09. The Hall–Kier alpha value is -1.89. The summed E-state index contributed by atoms with van der Waals surface area (Å²) in [5.41, 5.74) is 1.13. The highest BCUT2D eigenvalue weighted by atomic mass is 32.1. The summed E-state index contributed by atoms with van der Waals surface area (Å²) in [4.78, 5) is 12.6. The second kappa shape index (κ2) is 7.64. The molecule has 6 nitrogen and oxygen atoms in total. The maximum Gasteiger partial charge on any atom is 0.191 e. The zero-order valence-corrected chi connectivity index (χ0v) is 12.7. The number of imidazole rings is 1. The summed E-state index contributed by atoms with van der Waals surface area (Å²) < 4.78 is 2.03. The molecule has 108 valence electrons. The van der Waals surface area contributed by atoms with Crippen LogP contribution in [0.25, 0.3) is 0 Å². The van der Waals surface area contributed by atoms with Crippen LogP contribution in [0, 0.1) is 6.92 Å². The van der Waals surface area contributed by atoms with Crippen molar-refractivity contribution in [2.75, 3.05) is 20.1 Å². The zero-order valence-electron chi connectivity index (χ0n) is 11.8. The maximum atomic E-state index is 4.44. The van der Waals surface area contributed by atoms with Crippen molar-refractivity contribution >= 4 is 17.3 Å². The fourth-order valence-corrected chi connectivity index (χ4v) is 2.42. The average molecular weight is 292 g/mol. The third-order valence-electron chi connectivity index (χ3n) is 2.79. The molecule has 0 aromatic carbocycles. The standard InChI is InChI=1S/C13H20N6S/c1-11-18-12(9-20-11)3-4-16-13(14-2)17-6-8-19-7-5-15-10-19/h5,7,9-10H,3-4,6,8H2,1-2H3,(H2,14,16,17). The van der Waals surface area contributed by atoms with E-state index in [1.807, 2.05) is 24.0 Å². The van der Waals surface area contributed by atoms with E-state index in [1.165, 1.54) is 0 Å². The summed E-state index contributed by atoms with van der Waals surface area (Å²) in [6.07, 6.45) is 6.44. The third-order valence-corrected chi connectivity index (χ3v) is 3.61. The quantitative estimate of drug-likeness (QED) is 0.617. The van der Waals surface area contributed by atoms with E-state index >= 15 is 0 Å². The Morgan fingerprint density at radius 2 is 2.25 bits per heavy atom. The van der Waals surface area contributed by atoms with Gasteiger partial charge in [0, 0.05) is 50.9 Å². The summed E-state index contributed by atoms with van der Waals surface area (Å²) in [5, 5.41) is 9.77. The van der Waals surface area contributed by atoms with E-state index in [1.54, 1.807) is 24.6 Å².